The number of hydrogen-bond donors (Lipinski definition) is 1. The summed E-state index contributed by atoms with van der Waals surface area (Å²) in [4.78, 5) is 2.58. The Bertz CT molecular complexity index is 396. The molecule has 108 valence electrons. The Kier molecular flexibility index (Phi) is 4.58. The van der Waals surface area contributed by atoms with Crippen LogP contribution in [0, 0.1) is 0 Å². The second-order valence-electron chi connectivity index (χ2n) is 5.95. The molecule has 0 bridgehead atoms. The largest absolute Gasteiger partial charge is 0.326 e. The Morgan fingerprint density at radius 3 is 2.58 bits per heavy atom. The van der Waals surface area contributed by atoms with Crippen molar-refractivity contribution in [2.45, 2.75) is 57.5 Å². The van der Waals surface area contributed by atoms with Crippen molar-refractivity contribution in [2.24, 2.45) is 12.8 Å². The van der Waals surface area contributed by atoms with E-state index >= 15 is 0 Å². The minimum Gasteiger partial charge on any atom is -0.326 e. The van der Waals surface area contributed by atoms with Crippen LogP contribution in [0.2, 0.25) is 0 Å². The summed E-state index contributed by atoms with van der Waals surface area (Å²) in [7, 11) is 1.89. The van der Waals surface area contributed by atoms with E-state index in [2.05, 4.69) is 29.1 Å². The maximum atomic E-state index is 6.52. The van der Waals surface area contributed by atoms with E-state index in [1.54, 1.807) is 4.68 Å². The molecule has 2 atom stereocenters. The first-order chi connectivity index (χ1) is 9.06. The normalized spacial score (nSPS) is 22.1. The third-order valence-corrected chi connectivity index (χ3v) is 4.67. The molecular weight excluding hydrogens is 238 g/mol. The van der Waals surface area contributed by atoms with Crippen molar-refractivity contribution in [1.82, 2.24) is 19.9 Å². The Labute approximate surface area is 116 Å². The van der Waals surface area contributed by atoms with Gasteiger partial charge in [-0.2, -0.15) is 0 Å². The molecule has 1 fully saturated rings. The van der Waals surface area contributed by atoms with E-state index < -0.39 is 0 Å². The van der Waals surface area contributed by atoms with Gasteiger partial charge in [-0.05, 0) is 39.3 Å². The summed E-state index contributed by atoms with van der Waals surface area (Å²) in [5, 5.41) is 8.15. The fourth-order valence-electron chi connectivity index (χ4n) is 3.06. The maximum Gasteiger partial charge on any atom is 0.0843 e. The minimum absolute atomic E-state index is 0.0674. The molecule has 2 N–H and O–H groups in total. The SMILES string of the molecule is CCC(C)(C(N)Cc1cn(C)nn1)N1CCCCC1. The van der Waals surface area contributed by atoms with Crippen molar-refractivity contribution in [2.75, 3.05) is 13.1 Å². The van der Waals surface area contributed by atoms with Gasteiger partial charge in [0.1, 0.15) is 0 Å². The number of nitrogens with zero attached hydrogens (tertiary/aromatic N) is 4. The molecule has 2 rings (SSSR count). The van der Waals surface area contributed by atoms with Gasteiger partial charge in [0, 0.05) is 31.2 Å². The van der Waals surface area contributed by atoms with Gasteiger partial charge in [-0.15, -0.1) is 5.10 Å². The summed E-state index contributed by atoms with van der Waals surface area (Å²) in [6.45, 7) is 6.90. The van der Waals surface area contributed by atoms with Gasteiger partial charge in [0.25, 0.3) is 0 Å². The molecule has 0 spiro atoms. The zero-order valence-electron chi connectivity index (χ0n) is 12.5. The Morgan fingerprint density at radius 1 is 1.37 bits per heavy atom. The second kappa shape index (κ2) is 6.01. The third kappa shape index (κ3) is 3.15. The first kappa shape index (κ1) is 14.5. The van der Waals surface area contributed by atoms with Crippen LogP contribution in [-0.4, -0.2) is 44.6 Å². The molecule has 1 aromatic rings. The third-order valence-electron chi connectivity index (χ3n) is 4.67. The zero-order chi connectivity index (χ0) is 13.9. The highest BCUT2D eigenvalue weighted by atomic mass is 15.4. The first-order valence-corrected chi connectivity index (χ1v) is 7.42. The molecule has 5 nitrogen and oxygen atoms in total. The smallest absolute Gasteiger partial charge is 0.0843 e. The average molecular weight is 265 g/mol. The van der Waals surface area contributed by atoms with Crippen LogP contribution in [0.5, 0.6) is 0 Å². The lowest BCUT2D eigenvalue weighted by atomic mass is 9.84. The van der Waals surface area contributed by atoms with Crippen molar-refractivity contribution in [1.29, 1.82) is 0 Å². The quantitative estimate of drug-likeness (QED) is 0.873. The van der Waals surface area contributed by atoms with Gasteiger partial charge in [-0.25, -0.2) is 0 Å². The maximum absolute atomic E-state index is 6.52. The number of aromatic nitrogens is 3. The van der Waals surface area contributed by atoms with Crippen molar-refractivity contribution in [3.8, 4) is 0 Å². The summed E-state index contributed by atoms with van der Waals surface area (Å²) < 4.78 is 1.74. The van der Waals surface area contributed by atoms with Crippen LogP contribution in [0.1, 0.15) is 45.2 Å². The predicted octanol–water partition coefficient (Wildman–Crippen LogP) is 1.34. The summed E-state index contributed by atoms with van der Waals surface area (Å²) >= 11 is 0. The standard InChI is InChI=1S/C14H27N5/c1-4-14(2,19-8-6-5-7-9-19)13(15)10-12-11-18(3)17-16-12/h11,13H,4-10,15H2,1-3H3. The minimum atomic E-state index is 0.0674. The average Bonchev–Trinajstić information content (AvgIpc) is 2.84. The fraction of sp³-hybridized carbons (Fsp3) is 0.857. The number of rotatable bonds is 5. The molecule has 5 heteroatoms. The Balaban J connectivity index is 2.06. The molecule has 2 unspecified atom stereocenters. The highest BCUT2D eigenvalue weighted by Gasteiger charge is 2.36. The fourth-order valence-corrected chi connectivity index (χ4v) is 3.06. The Morgan fingerprint density at radius 2 is 2.05 bits per heavy atom. The van der Waals surface area contributed by atoms with Gasteiger partial charge in [0.15, 0.2) is 0 Å². The van der Waals surface area contributed by atoms with Gasteiger partial charge in [0.2, 0.25) is 0 Å². The van der Waals surface area contributed by atoms with E-state index in [4.69, 9.17) is 5.73 Å². The van der Waals surface area contributed by atoms with Crippen LogP contribution in [0.4, 0.5) is 0 Å². The van der Waals surface area contributed by atoms with Crippen molar-refractivity contribution >= 4 is 0 Å². The van der Waals surface area contributed by atoms with Crippen molar-refractivity contribution in [3.05, 3.63) is 11.9 Å². The zero-order valence-corrected chi connectivity index (χ0v) is 12.5. The van der Waals surface area contributed by atoms with E-state index in [9.17, 15) is 0 Å². The van der Waals surface area contributed by atoms with Crippen LogP contribution in [0.25, 0.3) is 0 Å². The molecule has 1 aliphatic rings. The summed E-state index contributed by atoms with van der Waals surface area (Å²) in [5.41, 5.74) is 7.58. The highest BCUT2D eigenvalue weighted by molar-refractivity contribution is 5.03. The van der Waals surface area contributed by atoms with Crippen molar-refractivity contribution in [3.63, 3.8) is 0 Å². The molecule has 0 aliphatic carbocycles. The van der Waals surface area contributed by atoms with Crippen LogP contribution in [0.15, 0.2) is 6.20 Å². The van der Waals surface area contributed by atoms with Crippen molar-refractivity contribution < 1.29 is 0 Å². The number of aryl methyl sites for hydroxylation is 1. The molecule has 1 aromatic heterocycles. The lowest BCUT2D eigenvalue weighted by Crippen LogP contribution is -2.59. The number of likely N-dealkylation sites (tertiary alicyclic amines) is 1. The summed E-state index contributed by atoms with van der Waals surface area (Å²) in [6.07, 6.45) is 7.80. The van der Waals surface area contributed by atoms with Gasteiger partial charge in [0.05, 0.1) is 5.69 Å². The topological polar surface area (TPSA) is 60.0 Å². The van der Waals surface area contributed by atoms with E-state index in [1.807, 2.05) is 13.2 Å². The van der Waals surface area contributed by atoms with Gasteiger partial charge >= 0.3 is 0 Å². The van der Waals surface area contributed by atoms with Crippen LogP contribution in [-0.2, 0) is 13.5 Å². The number of nitrogens with two attached hydrogens (primary N) is 1. The van der Waals surface area contributed by atoms with Gasteiger partial charge < -0.3 is 5.73 Å². The van der Waals surface area contributed by atoms with Crippen LogP contribution < -0.4 is 5.73 Å². The van der Waals surface area contributed by atoms with E-state index in [1.165, 1.54) is 32.4 Å². The van der Waals surface area contributed by atoms with Gasteiger partial charge in [-0.3, -0.25) is 9.58 Å². The second-order valence-corrected chi connectivity index (χ2v) is 5.95. The molecule has 19 heavy (non-hydrogen) atoms. The predicted molar refractivity (Wildman–Crippen MR) is 76.8 cm³/mol. The highest BCUT2D eigenvalue weighted by Crippen LogP contribution is 2.27. The molecule has 0 saturated carbocycles. The van der Waals surface area contributed by atoms with E-state index in [0.717, 1.165) is 18.5 Å². The number of hydrogen-bond acceptors (Lipinski definition) is 4. The molecule has 0 amide bonds. The molecule has 1 aliphatic heterocycles. The Hall–Kier alpha value is -0.940. The van der Waals surface area contributed by atoms with Crippen LogP contribution in [0.3, 0.4) is 0 Å². The summed E-state index contributed by atoms with van der Waals surface area (Å²) in [5.74, 6) is 0. The first-order valence-electron chi connectivity index (χ1n) is 7.42. The monoisotopic (exact) mass is 265 g/mol. The molecule has 0 radical (unpaired) electrons. The molecular formula is C14H27N5. The van der Waals surface area contributed by atoms with E-state index in [-0.39, 0.29) is 11.6 Å². The molecule has 1 saturated heterocycles. The van der Waals surface area contributed by atoms with Gasteiger partial charge in [-0.1, -0.05) is 18.6 Å². The lowest BCUT2D eigenvalue weighted by molar-refractivity contribution is 0.0543. The molecule has 2 heterocycles. The van der Waals surface area contributed by atoms with E-state index in [0.29, 0.717) is 0 Å². The molecule has 0 aromatic carbocycles. The lowest BCUT2D eigenvalue weighted by Gasteiger charge is -2.46. The number of piperidine rings is 1. The summed E-state index contributed by atoms with van der Waals surface area (Å²) in [6, 6.07) is 0.104. The van der Waals surface area contributed by atoms with Crippen LogP contribution >= 0.6 is 0 Å².